The SMILES string of the molecule is COc1ccc(OC2(CCNC(C)C)CCC2)cc1. The largest absolute Gasteiger partial charge is 0.497 e. The highest BCUT2D eigenvalue weighted by Gasteiger charge is 2.38. The Balaban J connectivity index is 1.90. The minimum absolute atomic E-state index is 0.0521. The van der Waals surface area contributed by atoms with E-state index in [9.17, 15) is 0 Å². The summed E-state index contributed by atoms with van der Waals surface area (Å²) in [5, 5.41) is 3.47. The number of nitrogens with one attached hydrogen (secondary N) is 1. The molecule has 0 aromatic heterocycles. The summed E-state index contributed by atoms with van der Waals surface area (Å²) in [4.78, 5) is 0. The van der Waals surface area contributed by atoms with Crippen LogP contribution in [-0.4, -0.2) is 25.3 Å². The summed E-state index contributed by atoms with van der Waals surface area (Å²) in [6.07, 6.45) is 4.69. The van der Waals surface area contributed by atoms with Crippen LogP contribution in [0.4, 0.5) is 0 Å². The molecular weight excluding hydrogens is 238 g/mol. The van der Waals surface area contributed by atoms with E-state index in [4.69, 9.17) is 9.47 Å². The zero-order valence-electron chi connectivity index (χ0n) is 12.2. The molecule has 3 nitrogen and oxygen atoms in total. The van der Waals surface area contributed by atoms with Crippen LogP contribution < -0.4 is 14.8 Å². The van der Waals surface area contributed by atoms with Crippen LogP contribution in [0, 0.1) is 0 Å². The highest BCUT2D eigenvalue weighted by molar-refractivity contribution is 5.31. The van der Waals surface area contributed by atoms with Gasteiger partial charge in [0.05, 0.1) is 7.11 Å². The van der Waals surface area contributed by atoms with Gasteiger partial charge in [-0.3, -0.25) is 0 Å². The molecule has 1 saturated carbocycles. The van der Waals surface area contributed by atoms with Crippen LogP contribution >= 0.6 is 0 Å². The van der Waals surface area contributed by atoms with Gasteiger partial charge in [0.1, 0.15) is 17.1 Å². The Morgan fingerprint density at radius 3 is 2.26 bits per heavy atom. The van der Waals surface area contributed by atoms with E-state index in [0.717, 1.165) is 24.5 Å². The lowest BCUT2D eigenvalue weighted by Crippen LogP contribution is -2.45. The van der Waals surface area contributed by atoms with Gasteiger partial charge in [-0.25, -0.2) is 0 Å². The van der Waals surface area contributed by atoms with Crippen molar-refractivity contribution in [2.45, 2.75) is 51.2 Å². The highest BCUT2D eigenvalue weighted by atomic mass is 16.5. The number of ether oxygens (including phenoxy) is 2. The molecule has 1 aliphatic carbocycles. The number of hydrogen-bond donors (Lipinski definition) is 1. The molecule has 2 rings (SSSR count). The predicted octanol–water partition coefficient (Wildman–Crippen LogP) is 3.38. The molecule has 1 aliphatic rings. The zero-order chi connectivity index (χ0) is 13.7. The molecule has 19 heavy (non-hydrogen) atoms. The van der Waals surface area contributed by atoms with Crippen LogP contribution in [0.2, 0.25) is 0 Å². The third-order valence-electron chi connectivity index (χ3n) is 3.79. The maximum Gasteiger partial charge on any atom is 0.120 e. The molecule has 106 valence electrons. The number of rotatable bonds is 7. The van der Waals surface area contributed by atoms with Gasteiger partial charge in [0.2, 0.25) is 0 Å². The van der Waals surface area contributed by atoms with Gasteiger partial charge in [-0.05, 0) is 56.5 Å². The van der Waals surface area contributed by atoms with Crippen LogP contribution in [0.15, 0.2) is 24.3 Å². The summed E-state index contributed by atoms with van der Waals surface area (Å²) in [6, 6.07) is 8.43. The minimum Gasteiger partial charge on any atom is -0.497 e. The van der Waals surface area contributed by atoms with Crippen molar-refractivity contribution in [3.63, 3.8) is 0 Å². The van der Waals surface area contributed by atoms with Crippen molar-refractivity contribution >= 4 is 0 Å². The van der Waals surface area contributed by atoms with Crippen molar-refractivity contribution in [3.8, 4) is 11.5 Å². The summed E-state index contributed by atoms with van der Waals surface area (Å²) >= 11 is 0. The Bertz CT molecular complexity index is 382. The van der Waals surface area contributed by atoms with Crippen LogP contribution in [0.3, 0.4) is 0 Å². The molecule has 1 aromatic carbocycles. The molecule has 0 bridgehead atoms. The molecule has 1 aromatic rings. The third kappa shape index (κ3) is 3.87. The predicted molar refractivity (Wildman–Crippen MR) is 78.0 cm³/mol. The first kappa shape index (κ1) is 14.2. The van der Waals surface area contributed by atoms with Crippen molar-refractivity contribution in [1.29, 1.82) is 0 Å². The summed E-state index contributed by atoms with van der Waals surface area (Å²) in [5.74, 6) is 1.82. The van der Waals surface area contributed by atoms with Crippen LogP contribution in [0.25, 0.3) is 0 Å². The summed E-state index contributed by atoms with van der Waals surface area (Å²) in [7, 11) is 1.68. The minimum atomic E-state index is 0.0521. The lowest BCUT2D eigenvalue weighted by atomic mass is 9.77. The fourth-order valence-corrected chi connectivity index (χ4v) is 2.46. The molecular formula is C16H25NO2. The normalized spacial score (nSPS) is 17.1. The first-order valence-electron chi connectivity index (χ1n) is 7.20. The standard InChI is InChI=1S/C16H25NO2/c1-13(2)17-12-11-16(9-4-10-16)19-15-7-5-14(18-3)6-8-15/h5-8,13,17H,4,9-12H2,1-3H3. The molecule has 0 saturated heterocycles. The average molecular weight is 263 g/mol. The fourth-order valence-electron chi connectivity index (χ4n) is 2.46. The second-order valence-electron chi connectivity index (χ2n) is 5.67. The van der Waals surface area contributed by atoms with Gasteiger partial charge in [-0.1, -0.05) is 13.8 Å². The van der Waals surface area contributed by atoms with E-state index in [1.54, 1.807) is 7.11 Å². The number of methoxy groups -OCH3 is 1. The molecule has 0 radical (unpaired) electrons. The first-order chi connectivity index (χ1) is 9.13. The quantitative estimate of drug-likeness (QED) is 0.818. The monoisotopic (exact) mass is 263 g/mol. The Hall–Kier alpha value is -1.22. The molecule has 3 heteroatoms. The first-order valence-corrected chi connectivity index (χ1v) is 7.20. The van der Waals surface area contributed by atoms with Crippen molar-refractivity contribution < 1.29 is 9.47 Å². The summed E-state index contributed by atoms with van der Waals surface area (Å²) in [6.45, 7) is 5.38. The van der Waals surface area contributed by atoms with Gasteiger partial charge in [0.15, 0.2) is 0 Å². The van der Waals surface area contributed by atoms with E-state index in [1.807, 2.05) is 24.3 Å². The lowest BCUT2D eigenvalue weighted by molar-refractivity contribution is -0.0145. The third-order valence-corrected chi connectivity index (χ3v) is 3.79. The molecule has 1 fully saturated rings. The molecule has 0 amide bonds. The van der Waals surface area contributed by atoms with Crippen molar-refractivity contribution in [2.24, 2.45) is 0 Å². The van der Waals surface area contributed by atoms with E-state index in [2.05, 4.69) is 19.2 Å². The van der Waals surface area contributed by atoms with Crippen molar-refractivity contribution in [3.05, 3.63) is 24.3 Å². The highest BCUT2D eigenvalue weighted by Crippen LogP contribution is 2.39. The van der Waals surface area contributed by atoms with Gasteiger partial charge in [0, 0.05) is 6.04 Å². The van der Waals surface area contributed by atoms with Gasteiger partial charge < -0.3 is 14.8 Å². The van der Waals surface area contributed by atoms with Gasteiger partial charge in [-0.2, -0.15) is 0 Å². The molecule has 0 unspecified atom stereocenters. The molecule has 0 atom stereocenters. The molecule has 0 aliphatic heterocycles. The second-order valence-corrected chi connectivity index (χ2v) is 5.67. The topological polar surface area (TPSA) is 30.5 Å². The van der Waals surface area contributed by atoms with Crippen LogP contribution in [0.1, 0.15) is 39.5 Å². The smallest absolute Gasteiger partial charge is 0.120 e. The lowest BCUT2D eigenvalue weighted by Gasteiger charge is -2.42. The van der Waals surface area contributed by atoms with Crippen LogP contribution in [-0.2, 0) is 0 Å². The molecule has 0 heterocycles. The van der Waals surface area contributed by atoms with E-state index in [-0.39, 0.29) is 5.60 Å². The average Bonchev–Trinajstić information content (AvgIpc) is 2.36. The van der Waals surface area contributed by atoms with Crippen molar-refractivity contribution in [2.75, 3.05) is 13.7 Å². The Morgan fingerprint density at radius 2 is 1.79 bits per heavy atom. The van der Waals surface area contributed by atoms with E-state index >= 15 is 0 Å². The van der Waals surface area contributed by atoms with Gasteiger partial charge >= 0.3 is 0 Å². The fraction of sp³-hybridized carbons (Fsp3) is 0.625. The summed E-state index contributed by atoms with van der Waals surface area (Å²) < 4.78 is 11.4. The van der Waals surface area contributed by atoms with Gasteiger partial charge in [-0.15, -0.1) is 0 Å². The van der Waals surface area contributed by atoms with Gasteiger partial charge in [0.25, 0.3) is 0 Å². The Labute approximate surface area is 116 Å². The maximum absolute atomic E-state index is 6.22. The summed E-state index contributed by atoms with van der Waals surface area (Å²) in [5.41, 5.74) is 0.0521. The Morgan fingerprint density at radius 1 is 1.16 bits per heavy atom. The number of hydrogen-bond acceptors (Lipinski definition) is 3. The maximum atomic E-state index is 6.22. The van der Waals surface area contributed by atoms with E-state index in [0.29, 0.717) is 6.04 Å². The second kappa shape index (κ2) is 6.29. The zero-order valence-corrected chi connectivity index (χ0v) is 12.2. The molecule has 1 N–H and O–H groups in total. The number of benzene rings is 1. The molecule has 0 spiro atoms. The van der Waals surface area contributed by atoms with Crippen LogP contribution in [0.5, 0.6) is 11.5 Å². The Kier molecular flexibility index (Phi) is 4.70. The van der Waals surface area contributed by atoms with E-state index < -0.39 is 0 Å². The van der Waals surface area contributed by atoms with Crippen molar-refractivity contribution in [1.82, 2.24) is 5.32 Å². The van der Waals surface area contributed by atoms with E-state index in [1.165, 1.54) is 19.3 Å².